The van der Waals surface area contributed by atoms with Gasteiger partial charge in [0.15, 0.2) is 5.78 Å². The molecule has 0 aromatic carbocycles. The van der Waals surface area contributed by atoms with Gasteiger partial charge in [-0.1, -0.05) is 38.0 Å². The monoisotopic (exact) mass is 453 g/mol. The minimum absolute atomic E-state index is 0.00862. The summed E-state index contributed by atoms with van der Waals surface area (Å²) in [6.07, 6.45) is 16.8. The number of piperidine rings is 1. The van der Waals surface area contributed by atoms with Gasteiger partial charge in [0.2, 0.25) is 0 Å². The zero-order chi connectivity index (χ0) is 23.2. The van der Waals surface area contributed by atoms with Crippen molar-refractivity contribution in [1.29, 1.82) is 0 Å². The second-order valence-corrected chi connectivity index (χ2v) is 12.1. The number of esters is 1. The molecule has 0 spiro atoms. The molecule has 3 fully saturated rings. The Hall–Kier alpha value is -1.42. The van der Waals surface area contributed by atoms with Crippen molar-refractivity contribution in [3.63, 3.8) is 0 Å². The highest BCUT2D eigenvalue weighted by Crippen LogP contribution is 2.65. The van der Waals surface area contributed by atoms with Gasteiger partial charge >= 0.3 is 5.97 Å². The molecule has 4 nitrogen and oxygen atoms in total. The number of hydrogen-bond donors (Lipinski definition) is 0. The molecule has 1 aliphatic heterocycles. The third-order valence-corrected chi connectivity index (χ3v) is 10.4. The maximum atomic E-state index is 12.6. The molecule has 0 N–H and O–H groups in total. The smallest absolute Gasteiger partial charge is 0.307 e. The molecule has 1 heterocycles. The fourth-order valence-corrected chi connectivity index (χ4v) is 8.52. The Balaban J connectivity index is 1.21. The molecule has 0 aromatic rings. The molecule has 0 unspecified atom stereocenters. The molecule has 182 valence electrons. The van der Waals surface area contributed by atoms with Gasteiger partial charge in [0.25, 0.3) is 0 Å². The summed E-state index contributed by atoms with van der Waals surface area (Å²) in [4.78, 5) is 27.3. The van der Waals surface area contributed by atoms with Crippen LogP contribution in [0.25, 0.3) is 0 Å². The molecule has 4 heteroatoms. The highest BCUT2D eigenvalue weighted by atomic mass is 16.5. The summed E-state index contributed by atoms with van der Waals surface area (Å²) in [6, 6.07) is 0. The number of nitrogens with zero attached hydrogens (tertiary/aromatic N) is 1. The number of carbonyl (C=O) groups is 2. The van der Waals surface area contributed by atoms with Crippen LogP contribution in [0.5, 0.6) is 0 Å². The van der Waals surface area contributed by atoms with Crippen molar-refractivity contribution in [3.05, 3.63) is 23.3 Å². The molecule has 0 radical (unpaired) electrons. The van der Waals surface area contributed by atoms with Gasteiger partial charge in [0.05, 0.1) is 6.42 Å². The number of ether oxygens (including phenoxy) is 1. The van der Waals surface area contributed by atoms with E-state index in [2.05, 4.69) is 30.9 Å². The summed E-state index contributed by atoms with van der Waals surface area (Å²) >= 11 is 0. The Bertz CT molecular complexity index is 853. The second-order valence-electron chi connectivity index (χ2n) is 12.1. The van der Waals surface area contributed by atoms with Gasteiger partial charge in [0.1, 0.15) is 6.10 Å². The van der Waals surface area contributed by atoms with Crippen molar-refractivity contribution >= 4 is 11.8 Å². The average Bonchev–Trinajstić information content (AvgIpc) is 3.16. The van der Waals surface area contributed by atoms with E-state index >= 15 is 0 Å². The summed E-state index contributed by atoms with van der Waals surface area (Å²) in [5.41, 5.74) is 2.96. The van der Waals surface area contributed by atoms with Crippen LogP contribution in [-0.4, -0.2) is 42.4 Å². The Kier molecular flexibility index (Phi) is 6.35. The Morgan fingerprint density at radius 1 is 1.00 bits per heavy atom. The highest BCUT2D eigenvalue weighted by molar-refractivity contribution is 5.95. The number of Topliss-reactive ketones (excluding diaryl/α,β-unsaturated/α-hetero) is 1. The lowest BCUT2D eigenvalue weighted by atomic mass is 9.47. The van der Waals surface area contributed by atoms with Crippen LogP contribution < -0.4 is 0 Å². The van der Waals surface area contributed by atoms with Crippen LogP contribution in [0.2, 0.25) is 0 Å². The topological polar surface area (TPSA) is 46.6 Å². The molecule has 0 bridgehead atoms. The van der Waals surface area contributed by atoms with Gasteiger partial charge in [-0.3, -0.25) is 9.59 Å². The van der Waals surface area contributed by atoms with E-state index in [0.29, 0.717) is 24.2 Å². The van der Waals surface area contributed by atoms with E-state index in [0.717, 1.165) is 63.7 Å². The van der Waals surface area contributed by atoms with E-state index in [1.165, 1.54) is 25.7 Å². The van der Waals surface area contributed by atoms with Gasteiger partial charge < -0.3 is 9.64 Å². The van der Waals surface area contributed by atoms with Crippen molar-refractivity contribution in [2.45, 2.75) is 97.5 Å². The number of fused-ring (bicyclic) bond motifs is 5. The summed E-state index contributed by atoms with van der Waals surface area (Å²) in [5.74, 6) is 2.25. The number of allylic oxidation sites excluding steroid dienone is 3. The molecule has 4 aliphatic carbocycles. The van der Waals surface area contributed by atoms with Crippen LogP contribution in [0.15, 0.2) is 23.3 Å². The van der Waals surface area contributed by atoms with E-state index in [4.69, 9.17) is 4.74 Å². The van der Waals surface area contributed by atoms with E-state index in [1.807, 2.05) is 0 Å². The molecular weight excluding hydrogens is 410 g/mol. The predicted molar refractivity (Wildman–Crippen MR) is 131 cm³/mol. The maximum Gasteiger partial charge on any atom is 0.307 e. The largest absolute Gasteiger partial charge is 0.462 e. The zero-order valence-corrected chi connectivity index (χ0v) is 21.0. The fraction of sp³-hybridized carbons (Fsp3) is 0.793. The number of ketones is 1. The Labute approximate surface area is 200 Å². The standard InChI is InChI=1S/C29H43NO3/c1-20(31)24-9-10-25-23-8-7-21-19-22(33-27(32)13-18-30-16-5-4-6-17-30)11-14-28(21,2)26(23)12-15-29(24,25)3/h7,9,22-23,25-26H,4-6,8,10-19H2,1-3H3/t22-,23+,25-,26+,28-,29+/m0/s1. The van der Waals surface area contributed by atoms with Crippen molar-refractivity contribution in [3.8, 4) is 0 Å². The molecule has 5 rings (SSSR count). The van der Waals surface area contributed by atoms with Crippen LogP contribution >= 0.6 is 0 Å². The fourth-order valence-electron chi connectivity index (χ4n) is 8.52. The Morgan fingerprint density at radius 3 is 2.52 bits per heavy atom. The highest BCUT2D eigenvalue weighted by Gasteiger charge is 2.57. The van der Waals surface area contributed by atoms with Crippen LogP contribution in [-0.2, 0) is 14.3 Å². The van der Waals surface area contributed by atoms with Gasteiger partial charge in [-0.25, -0.2) is 0 Å². The van der Waals surface area contributed by atoms with Crippen LogP contribution in [0.1, 0.15) is 91.4 Å². The van der Waals surface area contributed by atoms with Crippen molar-refractivity contribution in [2.24, 2.45) is 28.6 Å². The van der Waals surface area contributed by atoms with Crippen LogP contribution in [0.4, 0.5) is 0 Å². The average molecular weight is 454 g/mol. The number of likely N-dealkylation sites (tertiary alicyclic amines) is 1. The number of carbonyl (C=O) groups excluding carboxylic acids is 2. The predicted octanol–water partition coefficient (Wildman–Crippen LogP) is 5.86. The SMILES string of the molecule is CC(=O)C1=CC[C@H]2[C@H]3CC=C4C[C@@H](OC(=O)CCN5CCCCC5)CC[C@]4(C)[C@@H]3CC[C@]12C. The van der Waals surface area contributed by atoms with Gasteiger partial charge in [-0.05, 0) is 106 Å². The van der Waals surface area contributed by atoms with Crippen molar-refractivity contribution in [2.75, 3.05) is 19.6 Å². The summed E-state index contributed by atoms with van der Waals surface area (Å²) in [5, 5.41) is 0. The second kappa shape index (κ2) is 8.98. The Morgan fingerprint density at radius 2 is 1.76 bits per heavy atom. The summed E-state index contributed by atoms with van der Waals surface area (Å²) in [6.45, 7) is 9.71. The van der Waals surface area contributed by atoms with Crippen LogP contribution in [0.3, 0.4) is 0 Å². The lowest BCUT2D eigenvalue weighted by Gasteiger charge is -2.57. The van der Waals surface area contributed by atoms with Gasteiger partial charge in [-0.2, -0.15) is 0 Å². The van der Waals surface area contributed by atoms with Gasteiger partial charge in [-0.15, -0.1) is 0 Å². The first kappa shape index (κ1) is 23.3. The number of rotatable bonds is 5. The molecule has 5 aliphatic rings. The summed E-state index contributed by atoms with van der Waals surface area (Å²) in [7, 11) is 0. The normalized spacial score (nSPS) is 40.7. The van der Waals surface area contributed by atoms with E-state index < -0.39 is 0 Å². The van der Waals surface area contributed by atoms with Gasteiger partial charge in [0, 0.05) is 13.0 Å². The first-order chi connectivity index (χ1) is 15.8. The molecule has 6 atom stereocenters. The van der Waals surface area contributed by atoms with E-state index in [9.17, 15) is 9.59 Å². The molecule has 33 heavy (non-hydrogen) atoms. The lowest BCUT2D eigenvalue weighted by molar-refractivity contribution is -0.151. The number of hydrogen-bond acceptors (Lipinski definition) is 4. The third kappa shape index (κ3) is 4.15. The van der Waals surface area contributed by atoms with E-state index in [-0.39, 0.29) is 28.7 Å². The minimum atomic E-state index is -0.00862. The molecule has 2 saturated carbocycles. The molecule has 1 saturated heterocycles. The lowest BCUT2D eigenvalue weighted by Crippen LogP contribution is -2.50. The molecule has 0 aromatic heterocycles. The minimum Gasteiger partial charge on any atom is -0.462 e. The molecule has 0 amide bonds. The molecular formula is C29H43NO3. The first-order valence-corrected chi connectivity index (χ1v) is 13.6. The quantitative estimate of drug-likeness (QED) is 0.386. The third-order valence-electron chi connectivity index (χ3n) is 10.4. The first-order valence-electron chi connectivity index (χ1n) is 13.6. The maximum absolute atomic E-state index is 12.6. The van der Waals surface area contributed by atoms with E-state index in [1.54, 1.807) is 12.5 Å². The summed E-state index contributed by atoms with van der Waals surface area (Å²) < 4.78 is 5.99. The van der Waals surface area contributed by atoms with Crippen molar-refractivity contribution in [1.82, 2.24) is 4.90 Å². The van der Waals surface area contributed by atoms with Crippen molar-refractivity contribution < 1.29 is 14.3 Å². The zero-order valence-electron chi connectivity index (χ0n) is 21.0. The van der Waals surface area contributed by atoms with Crippen LogP contribution in [0, 0.1) is 28.6 Å².